The first-order valence-corrected chi connectivity index (χ1v) is 6.61. The SMILES string of the molecule is CC1CCCc2c(Cl)nc(-c3ccccc3O)n21. The molecule has 0 aliphatic carbocycles. The Balaban J connectivity index is 2.22. The van der Waals surface area contributed by atoms with Crippen molar-refractivity contribution in [3.8, 4) is 17.1 Å². The molecule has 1 N–H and O–H groups in total. The third-order valence-corrected chi connectivity index (χ3v) is 3.89. The number of para-hydroxylation sites is 1. The molecule has 1 atom stereocenters. The van der Waals surface area contributed by atoms with E-state index >= 15 is 0 Å². The predicted molar refractivity (Wildman–Crippen MR) is 72.0 cm³/mol. The molecule has 3 nitrogen and oxygen atoms in total. The lowest BCUT2D eigenvalue weighted by Crippen LogP contribution is -2.15. The minimum Gasteiger partial charge on any atom is -0.507 e. The van der Waals surface area contributed by atoms with E-state index in [1.54, 1.807) is 6.07 Å². The zero-order valence-corrected chi connectivity index (χ0v) is 11.0. The maximum atomic E-state index is 9.96. The molecule has 0 radical (unpaired) electrons. The van der Waals surface area contributed by atoms with Gasteiger partial charge in [0.2, 0.25) is 0 Å². The molecular weight excluding hydrogens is 248 g/mol. The number of phenolic OH excluding ortho intramolecular Hbond substituents is 1. The van der Waals surface area contributed by atoms with E-state index in [4.69, 9.17) is 11.6 Å². The summed E-state index contributed by atoms with van der Waals surface area (Å²) in [5, 5.41) is 10.5. The van der Waals surface area contributed by atoms with Crippen molar-refractivity contribution in [2.75, 3.05) is 0 Å². The molecule has 3 rings (SSSR count). The fourth-order valence-electron chi connectivity index (χ4n) is 2.68. The quantitative estimate of drug-likeness (QED) is 0.849. The second kappa shape index (κ2) is 4.32. The average molecular weight is 263 g/mol. The summed E-state index contributed by atoms with van der Waals surface area (Å²) in [7, 11) is 0. The van der Waals surface area contributed by atoms with Gasteiger partial charge in [0, 0.05) is 6.04 Å². The lowest BCUT2D eigenvalue weighted by Gasteiger charge is -2.24. The molecule has 1 aliphatic heterocycles. The minimum absolute atomic E-state index is 0.250. The lowest BCUT2D eigenvalue weighted by molar-refractivity contribution is 0.433. The smallest absolute Gasteiger partial charge is 0.150 e. The fourth-order valence-corrected chi connectivity index (χ4v) is 2.95. The topological polar surface area (TPSA) is 38.1 Å². The molecule has 0 saturated carbocycles. The van der Waals surface area contributed by atoms with Crippen molar-refractivity contribution in [2.24, 2.45) is 0 Å². The summed E-state index contributed by atoms with van der Waals surface area (Å²) in [4.78, 5) is 4.44. The maximum Gasteiger partial charge on any atom is 0.150 e. The van der Waals surface area contributed by atoms with E-state index in [2.05, 4.69) is 16.5 Å². The Morgan fingerprint density at radius 1 is 1.39 bits per heavy atom. The Bertz CT molecular complexity index is 591. The van der Waals surface area contributed by atoms with Gasteiger partial charge in [0.25, 0.3) is 0 Å². The van der Waals surface area contributed by atoms with Crippen LogP contribution in [-0.4, -0.2) is 14.7 Å². The fraction of sp³-hybridized carbons (Fsp3) is 0.357. The molecule has 0 amide bonds. The molecule has 1 unspecified atom stereocenters. The lowest BCUT2D eigenvalue weighted by atomic mass is 10.0. The highest BCUT2D eigenvalue weighted by atomic mass is 35.5. The first-order chi connectivity index (χ1) is 8.68. The van der Waals surface area contributed by atoms with Gasteiger partial charge >= 0.3 is 0 Å². The number of imidazole rings is 1. The summed E-state index contributed by atoms with van der Waals surface area (Å²) in [6.07, 6.45) is 3.23. The zero-order chi connectivity index (χ0) is 12.7. The number of hydrogen-bond donors (Lipinski definition) is 1. The maximum absolute atomic E-state index is 9.96. The van der Waals surface area contributed by atoms with Crippen LogP contribution in [0.3, 0.4) is 0 Å². The normalized spacial score (nSPS) is 18.7. The van der Waals surface area contributed by atoms with Gasteiger partial charge in [0.1, 0.15) is 11.6 Å². The van der Waals surface area contributed by atoms with Crippen LogP contribution in [0.5, 0.6) is 5.75 Å². The zero-order valence-electron chi connectivity index (χ0n) is 10.2. The van der Waals surface area contributed by atoms with E-state index < -0.39 is 0 Å². The van der Waals surface area contributed by atoms with E-state index in [9.17, 15) is 5.11 Å². The number of aromatic nitrogens is 2. The van der Waals surface area contributed by atoms with Gasteiger partial charge in [-0.3, -0.25) is 0 Å². The largest absolute Gasteiger partial charge is 0.507 e. The van der Waals surface area contributed by atoms with Crippen molar-refractivity contribution in [1.29, 1.82) is 0 Å². The second-order valence-electron chi connectivity index (χ2n) is 4.80. The van der Waals surface area contributed by atoms with Gasteiger partial charge in [0.05, 0.1) is 11.3 Å². The van der Waals surface area contributed by atoms with Crippen LogP contribution in [0.4, 0.5) is 0 Å². The van der Waals surface area contributed by atoms with Crippen LogP contribution in [0, 0.1) is 0 Å². The van der Waals surface area contributed by atoms with Gasteiger partial charge in [-0.2, -0.15) is 0 Å². The number of aromatic hydroxyl groups is 1. The highest BCUT2D eigenvalue weighted by Gasteiger charge is 2.25. The average Bonchev–Trinajstić information content (AvgIpc) is 2.69. The van der Waals surface area contributed by atoms with Crippen LogP contribution >= 0.6 is 11.6 Å². The van der Waals surface area contributed by atoms with Crippen molar-refractivity contribution in [1.82, 2.24) is 9.55 Å². The van der Waals surface area contributed by atoms with E-state index in [0.29, 0.717) is 11.2 Å². The van der Waals surface area contributed by atoms with Crippen molar-refractivity contribution in [3.05, 3.63) is 35.1 Å². The molecule has 1 aromatic carbocycles. The summed E-state index contributed by atoms with van der Waals surface area (Å²) in [6, 6.07) is 7.64. The van der Waals surface area contributed by atoms with Gasteiger partial charge in [-0.25, -0.2) is 4.98 Å². The second-order valence-corrected chi connectivity index (χ2v) is 5.16. The Kier molecular flexibility index (Phi) is 2.78. The van der Waals surface area contributed by atoms with Crippen LogP contribution in [-0.2, 0) is 6.42 Å². The number of halogens is 1. The van der Waals surface area contributed by atoms with E-state index in [1.807, 2.05) is 18.2 Å². The van der Waals surface area contributed by atoms with E-state index in [1.165, 1.54) is 0 Å². The molecule has 4 heteroatoms. The van der Waals surface area contributed by atoms with Crippen LogP contribution in [0.15, 0.2) is 24.3 Å². The number of nitrogens with zero attached hydrogens (tertiary/aromatic N) is 2. The Labute approximate surface area is 111 Å². The minimum atomic E-state index is 0.250. The third kappa shape index (κ3) is 1.70. The summed E-state index contributed by atoms with van der Waals surface area (Å²) in [5.41, 5.74) is 1.84. The predicted octanol–water partition coefficient (Wildman–Crippen LogP) is 3.81. The van der Waals surface area contributed by atoms with Crippen LogP contribution in [0.2, 0.25) is 5.15 Å². The number of hydrogen-bond acceptors (Lipinski definition) is 2. The molecule has 18 heavy (non-hydrogen) atoms. The molecule has 0 spiro atoms. The molecule has 1 aromatic heterocycles. The summed E-state index contributed by atoms with van der Waals surface area (Å²) < 4.78 is 2.17. The van der Waals surface area contributed by atoms with E-state index in [-0.39, 0.29) is 5.75 Å². The van der Waals surface area contributed by atoms with Gasteiger partial charge in [-0.15, -0.1) is 0 Å². The van der Waals surface area contributed by atoms with Gasteiger partial charge in [0.15, 0.2) is 5.15 Å². The molecule has 0 bridgehead atoms. The summed E-state index contributed by atoms with van der Waals surface area (Å²) in [5.74, 6) is 1.03. The van der Waals surface area contributed by atoms with Crippen molar-refractivity contribution < 1.29 is 5.11 Å². The Morgan fingerprint density at radius 2 is 2.17 bits per heavy atom. The molecule has 0 fully saturated rings. The highest BCUT2D eigenvalue weighted by molar-refractivity contribution is 6.30. The third-order valence-electron chi connectivity index (χ3n) is 3.58. The molecule has 0 saturated heterocycles. The first-order valence-electron chi connectivity index (χ1n) is 6.23. The molecule has 1 aliphatic rings. The van der Waals surface area contributed by atoms with Gasteiger partial charge < -0.3 is 9.67 Å². The molecular formula is C14H15ClN2O. The van der Waals surface area contributed by atoms with Gasteiger partial charge in [-0.1, -0.05) is 23.7 Å². The number of benzene rings is 1. The van der Waals surface area contributed by atoms with E-state index in [0.717, 1.165) is 36.3 Å². The van der Waals surface area contributed by atoms with Crippen LogP contribution < -0.4 is 0 Å². The standard InChI is InChI=1S/C14H15ClN2O/c1-9-5-4-7-11-13(15)16-14(17(9)11)10-6-2-3-8-12(10)18/h2-3,6,8-9,18H,4-5,7H2,1H3. The number of fused-ring (bicyclic) bond motifs is 1. The Hall–Kier alpha value is -1.48. The number of phenols is 1. The molecule has 2 aromatic rings. The monoisotopic (exact) mass is 262 g/mol. The van der Waals surface area contributed by atoms with Crippen molar-refractivity contribution >= 4 is 11.6 Å². The molecule has 94 valence electrons. The first kappa shape index (κ1) is 11.6. The summed E-state index contributed by atoms with van der Waals surface area (Å²) in [6.45, 7) is 2.17. The van der Waals surface area contributed by atoms with Crippen LogP contribution in [0.1, 0.15) is 31.5 Å². The van der Waals surface area contributed by atoms with Gasteiger partial charge in [-0.05, 0) is 38.3 Å². The van der Waals surface area contributed by atoms with Crippen molar-refractivity contribution in [3.63, 3.8) is 0 Å². The van der Waals surface area contributed by atoms with Crippen molar-refractivity contribution in [2.45, 2.75) is 32.2 Å². The Morgan fingerprint density at radius 3 is 2.94 bits per heavy atom. The number of rotatable bonds is 1. The molecule has 2 heterocycles. The highest BCUT2D eigenvalue weighted by Crippen LogP contribution is 2.37. The van der Waals surface area contributed by atoms with Crippen LogP contribution in [0.25, 0.3) is 11.4 Å². The summed E-state index contributed by atoms with van der Waals surface area (Å²) >= 11 is 6.22.